The molecule has 2 heteroatoms. The zero-order valence-electron chi connectivity index (χ0n) is 10.5. The summed E-state index contributed by atoms with van der Waals surface area (Å²) in [7, 11) is 1.71. The van der Waals surface area contributed by atoms with Gasteiger partial charge in [-0.3, -0.25) is 0 Å². The summed E-state index contributed by atoms with van der Waals surface area (Å²) in [5.74, 6) is 0.905. The van der Waals surface area contributed by atoms with E-state index >= 15 is 0 Å². The van der Waals surface area contributed by atoms with Gasteiger partial charge in [-0.15, -0.1) is 0 Å². The maximum atomic E-state index is 5.33. The van der Waals surface area contributed by atoms with Crippen LogP contribution in [0.4, 0.5) is 5.69 Å². The third-order valence-electron chi connectivity index (χ3n) is 2.92. The van der Waals surface area contributed by atoms with Crippen molar-refractivity contribution >= 4 is 16.5 Å². The van der Waals surface area contributed by atoms with E-state index in [1.807, 2.05) is 0 Å². The predicted octanol–water partition coefficient (Wildman–Crippen LogP) is 4.06. The van der Waals surface area contributed by atoms with Crippen LogP contribution in [0.1, 0.15) is 19.8 Å². The first-order valence-corrected chi connectivity index (χ1v) is 6.16. The molecule has 0 aromatic heterocycles. The summed E-state index contributed by atoms with van der Waals surface area (Å²) in [4.78, 5) is 0. The Morgan fingerprint density at radius 2 is 2.00 bits per heavy atom. The van der Waals surface area contributed by atoms with Crippen molar-refractivity contribution in [1.29, 1.82) is 0 Å². The van der Waals surface area contributed by atoms with Crippen molar-refractivity contribution in [3.05, 3.63) is 36.4 Å². The molecule has 2 aromatic rings. The molecular weight excluding hydrogens is 210 g/mol. The summed E-state index contributed by atoms with van der Waals surface area (Å²) in [6.45, 7) is 3.21. The van der Waals surface area contributed by atoms with Gasteiger partial charge in [0.2, 0.25) is 0 Å². The van der Waals surface area contributed by atoms with E-state index in [9.17, 15) is 0 Å². The summed E-state index contributed by atoms with van der Waals surface area (Å²) >= 11 is 0. The fourth-order valence-electron chi connectivity index (χ4n) is 1.95. The molecule has 2 aromatic carbocycles. The van der Waals surface area contributed by atoms with Crippen LogP contribution in [0.15, 0.2) is 36.4 Å². The molecule has 1 N–H and O–H groups in total. The normalized spacial score (nSPS) is 10.5. The number of ether oxygens (including phenoxy) is 1. The molecule has 0 aliphatic rings. The molecule has 2 nitrogen and oxygen atoms in total. The van der Waals surface area contributed by atoms with Gasteiger partial charge in [-0.05, 0) is 17.9 Å². The molecule has 0 spiro atoms. The maximum absolute atomic E-state index is 5.33. The second-order valence-electron chi connectivity index (χ2n) is 4.18. The van der Waals surface area contributed by atoms with Crippen molar-refractivity contribution in [1.82, 2.24) is 0 Å². The van der Waals surface area contributed by atoms with Crippen LogP contribution < -0.4 is 10.1 Å². The number of fused-ring (bicyclic) bond motifs is 1. The molecule has 0 saturated carbocycles. The van der Waals surface area contributed by atoms with Gasteiger partial charge in [-0.2, -0.15) is 0 Å². The van der Waals surface area contributed by atoms with Crippen LogP contribution in [0.2, 0.25) is 0 Å². The minimum absolute atomic E-state index is 0.905. The molecule has 0 saturated heterocycles. The van der Waals surface area contributed by atoms with Gasteiger partial charge >= 0.3 is 0 Å². The number of nitrogens with one attached hydrogen (secondary N) is 1. The van der Waals surface area contributed by atoms with Crippen molar-refractivity contribution in [2.24, 2.45) is 0 Å². The van der Waals surface area contributed by atoms with Crippen molar-refractivity contribution in [2.75, 3.05) is 19.0 Å². The third-order valence-corrected chi connectivity index (χ3v) is 2.92. The minimum Gasteiger partial charge on any atom is -0.497 e. The number of methoxy groups -OCH3 is 1. The van der Waals surface area contributed by atoms with Crippen LogP contribution in [0.25, 0.3) is 10.8 Å². The van der Waals surface area contributed by atoms with E-state index in [0.29, 0.717) is 0 Å². The van der Waals surface area contributed by atoms with Gasteiger partial charge in [0.25, 0.3) is 0 Å². The summed E-state index contributed by atoms with van der Waals surface area (Å²) < 4.78 is 5.33. The van der Waals surface area contributed by atoms with E-state index < -0.39 is 0 Å². The average molecular weight is 229 g/mol. The van der Waals surface area contributed by atoms with Gasteiger partial charge in [0.1, 0.15) is 5.75 Å². The highest BCUT2D eigenvalue weighted by Crippen LogP contribution is 2.29. The van der Waals surface area contributed by atoms with Crippen LogP contribution in [-0.4, -0.2) is 13.7 Å². The van der Waals surface area contributed by atoms with Crippen LogP contribution in [0, 0.1) is 0 Å². The third kappa shape index (κ3) is 2.70. The first-order chi connectivity index (χ1) is 8.35. The van der Waals surface area contributed by atoms with E-state index in [0.717, 1.165) is 18.0 Å². The topological polar surface area (TPSA) is 21.3 Å². The summed E-state index contributed by atoms with van der Waals surface area (Å²) in [5, 5.41) is 5.95. The smallest absolute Gasteiger partial charge is 0.121 e. The SMILES string of the molecule is CCCCNc1cc(OC)cc2ccccc12. The Hall–Kier alpha value is -1.70. The molecule has 0 atom stereocenters. The number of anilines is 1. The highest BCUT2D eigenvalue weighted by atomic mass is 16.5. The van der Waals surface area contributed by atoms with E-state index in [4.69, 9.17) is 4.74 Å². The van der Waals surface area contributed by atoms with Crippen LogP contribution in [0.5, 0.6) is 5.75 Å². The fraction of sp³-hybridized carbons (Fsp3) is 0.333. The number of hydrogen-bond donors (Lipinski definition) is 1. The predicted molar refractivity (Wildman–Crippen MR) is 73.9 cm³/mol. The summed E-state index contributed by atoms with van der Waals surface area (Å²) in [5.41, 5.74) is 1.16. The van der Waals surface area contributed by atoms with Gasteiger partial charge in [-0.25, -0.2) is 0 Å². The van der Waals surface area contributed by atoms with Crippen molar-refractivity contribution in [3.8, 4) is 5.75 Å². The van der Waals surface area contributed by atoms with E-state index in [-0.39, 0.29) is 0 Å². The molecule has 2 rings (SSSR count). The monoisotopic (exact) mass is 229 g/mol. The highest BCUT2D eigenvalue weighted by Gasteiger charge is 2.03. The Morgan fingerprint density at radius 3 is 2.76 bits per heavy atom. The lowest BCUT2D eigenvalue weighted by molar-refractivity contribution is 0.415. The molecule has 0 bridgehead atoms. The van der Waals surface area contributed by atoms with Crippen molar-refractivity contribution in [2.45, 2.75) is 19.8 Å². The molecular formula is C15H19NO. The zero-order valence-corrected chi connectivity index (χ0v) is 10.5. The maximum Gasteiger partial charge on any atom is 0.121 e. The lowest BCUT2D eigenvalue weighted by atomic mass is 10.1. The quantitative estimate of drug-likeness (QED) is 0.781. The van der Waals surface area contributed by atoms with Gasteiger partial charge in [0.15, 0.2) is 0 Å². The van der Waals surface area contributed by atoms with Gasteiger partial charge in [-0.1, -0.05) is 37.6 Å². The number of hydrogen-bond acceptors (Lipinski definition) is 2. The second-order valence-corrected chi connectivity index (χ2v) is 4.18. The molecule has 0 aliphatic carbocycles. The zero-order chi connectivity index (χ0) is 12.1. The van der Waals surface area contributed by atoms with Crippen LogP contribution in [-0.2, 0) is 0 Å². The first-order valence-electron chi connectivity index (χ1n) is 6.16. The molecule has 0 unspecified atom stereocenters. The largest absolute Gasteiger partial charge is 0.497 e. The van der Waals surface area contributed by atoms with Crippen molar-refractivity contribution < 1.29 is 4.74 Å². The lowest BCUT2D eigenvalue weighted by Gasteiger charge is -2.11. The van der Waals surface area contributed by atoms with E-state index in [2.05, 4.69) is 48.6 Å². The molecule has 0 fully saturated rings. The molecule has 0 radical (unpaired) electrons. The molecule has 0 amide bonds. The standard InChI is InChI=1S/C15H19NO/c1-3-4-9-16-15-11-13(17-2)10-12-7-5-6-8-14(12)15/h5-8,10-11,16H,3-4,9H2,1-2H3. The van der Waals surface area contributed by atoms with Gasteiger partial charge in [0.05, 0.1) is 7.11 Å². The highest BCUT2D eigenvalue weighted by molar-refractivity contribution is 5.95. The lowest BCUT2D eigenvalue weighted by Crippen LogP contribution is -2.01. The Kier molecular flexibility index (Phi) is 3.86. The number of benzene rings is 2. The molecule has 0 heterocycles. The van der Waals surface area contributed by atoms with Crippen molar-refractivity contribution in [3.63, 3.8) is 0 Å². The Labute approximate surface area is 103 Å². The van der Waals surface area contributed by atoms with E-state index in [1.54, 1.807) is 7.11 Å². The van der Waals surface area contributed by atoms with Gasteiger partial charge in [0, 0.05) is 23.7 Å². The second kappa shape index (κ2) is 5.58. The van der Waals surface area contributed by atoms with Gasteiger partial charge < -0.3 is 10.1 Å². The minimum atomic E-state index is 0.905. The number of rotatable bonds is 5. The molecule has 0 aliphatic heterocycles. The molecule has 17 heavy (non-hydrogen) atoms. The summed E-state index contributed by atoms with van der Waals surface area (Å²) in [6.07, 6.45) is 2.39. The summed E-state index contributed by atoms with van der Waals surface area (Å²) in [6, 6.07) is 12.5. The van der Waals surface area contributed by atoms with E-state index in [1.165, 1.54) is 23.6 Å². The molecule has 90 valence electrons. The van der Waals surface area contributed by atoms with Crippen LogP contribution in [0.3, 0.4) is 0 Å². The Balaban J connectivity index is 2.36. The Bertz CT molecular complexity index is 493. The average Bonchev–Trinajstić information content (AvgIpc) is 2.38. The van der Waals surface area contributed by atoms with Crippen LogP contribution >= 0.6 is 0 Å². The number of unbranched alkanes of at least 4 members (excludes halogenated alkanes) is 1. The Morgan fingerprint density at radius 1 is 1.18 bits per heavy atom. The first kappa shape index (κ1) is 11.8. The fourth-order valence-corrected chi connectivity index (χ4v) is 1.95.